The van der Waals surface area contributed by atoms with Gasteiger partial charge in [0.1, 0.15) is 12.4 Å². The van der Waals surface area contributed by atoms with E-state index in [-0.39, 0.29) is 17.9 Å². The zero-order valence-corrected chi connectivity index (χ0v) is 14.9. The molecule has 138 valence electrons. The number of halogens is 2. The summed E-state index contributed by atoms with van der Waals surface area (Å²) in [6.07, 6.45) is 3.34. The molecule has 0 radical (unpaired) electrons. The molecule has 0 atom stereocenters. The molecule has 0 spiro atoms. The van der Waals surface area contributed by atoms with Crippen LogP contribution in [-0.2, 0) is 6.61 Å². The van der Waals surface area contributed by atoms with E-state index in [2.05, 4.69) is 4.98 Å². The summed E-state index contributed by atoms with van der Waals surface area (Å²) < 4.78 is 32.4. The Kier molecular flexibility index (Phi) is 5.16. The van der Waals surface area contributed by atoms with E-state index in [1.165, 1.54) is 13.0 Å². The number of aryl methyl sites for hydroxylation is 2. The molecule has 0 aliphatic heterocycles. The van der Waals surface area contributed by atoms with E-state index < -0.39 is 17.5 Å². The van der Waals surface area contributed by atoms with Crippen LogP contribution in [0.2, 0.25) is 0 Å². The summed E-state index contributed by atoms with van der Waals surface area (Å²) in [6.45, 7) is 3.45. The van der Waals surface area contributed by atoms with Gasteiger partial charge in [0.25, 0.3) is 0 Å². The van der Waals surface area contributed by atoms with Crippen molar-refractivity contribution in [2.75, 3.05) is 0 Å². The maximum Gasteiger partial charge on any atom is 0.248 e. The van der Waals surface area contributed by atoms with Gasteiger partial charge in [0.15, 0.2) is 11.6 Å². The van der Waals surface area contributed by atoms with Crippen molar-refractivity contribution in [1.29, 1.82) is 0 Å². The number of hydrogen-bond donors (Lipinski definition) is 1. The van der Waals surface area contributed by atoms with Gasteiger partial charge in [-0.2, -0.15) is 0 Å². The van der Waals surface area contributed by atoms with E-state index in [1.54, 1.807) is 24.5 Å². The van der Waals surface area contributed by atoms with Crippen molar-refractivity contribution in [3.63, 3.8) is 0 Å². The molecule has 1 amide bonds. The Bertz CT molecular complexity index is 996. The maximum atomic E-state index is 13.5. The molecule has 1 aromatic heterocycles. The lowest BCUT2D eigenvalue weighted by Crippen LogP contribution is -2.12. The van der Waals surface area contributed by atoms with E-state index in [4.69, 9.17) is 10.5 Å². The first kappa shape index (κ1) is 18.5. The van der Waals surface area contributed by atoms with Crippen molar-refractivity contribution in [3.05, 3.63) is 82.7 Å². The number of benzene rings is 2. The first-order valence-electron chi connectivity index (χ1n) is 8.28. The summed E-state index contributed by atoms with van der Waals surface area (Å²) in [4.78, 5) is 15.6. The van der Waals surface area contributed by atoms with Crippen LogP contribution in [0.15, 0.2) is 48.8 Å². The van der Waals surface area contributed by atoms with Crippen LogP contribution in [0.3, 0.4) is 0 Å². The molecular weight excluding hydrogens is 350 g/mol. The van der Waals surface area contributed by atoms with Gasteiger partial charge in [-0.05, 0) is 48.7 Å². The van der Waals surface area contributed by atoms with Crippen LogP contribution in [0.4, 0.5) is 8.78 Å². The number of nitrogens with two attached hydrogens (primary N) is 1. The van der Waals surface area contributed by atoms with Gasteiger partial charge >= 0.3 is 0 Å². The Morgan fingerprint density at radius 3 is 2.48 bits per heavy atom. The van der Waals surface area contributed by atoms with Crippen molar-refractivity contribution in [1.82, 2.24) is 4.98 Å². The van der Waals surface area contributed by atoms with Gasteiger partial charge in [0, 0.05) is 35.2 Å². The average molecular weight is 368 g/mol. The summed E-state index contributed by atoms with van der Waals surface area (Å²) >= 11 is 0. The van der Waals surface area contributed by atoms with Crippen molar-refractivity contribution >= 4 is 5.91 Å². The fourth-order valence-electron chi connectivity index (χ4n) is 2.79. The van der Waals surface area contributed by atoms with E-state index in [0.717, 1.165) is 28.3 Å². The van der Waals surface area contributed by atoms with Gasteiger partial charge in [-0.3, -0.25) is 9.78 Å². The van der Waals surface area contributed by atoms with Crippen molar-refractivity contribution in [2.24, 2.45) is 5.73 Å². The van der Waals surface area contributed by atoms with Crippen LogP contribution in [0, 0.1) is 25.5 Å². The van der Waals surface area contributed by atoms with Crippen LogP contribution in [0.25, 0.3) is 11.1 Å². The summed E-state index contributed by atoms with van der Waals surface area (Å²) in [6, 6.07) is 9.69. The van der Waals surface area contributed by atoms with Crippen molar-refractivity contribution in [3.8, 4) is 16.9 Å². The number of ether oxygens (including phenoxy) is 1. The normalized spacial score (nSPS) is 10.7. The first-order chi connectivity index (χ1) is 12.8. The number of nitrogens with zero attached hydrogens (tertiary/aromatic N) is 1. The molecule has 0 saturated heterocycles. The van der Waals surface area contributed by atoms with Gasteiger partial charge < -0.3 is 10.5 Å². The Hall–Kier alpha value is -3.28. The third-order valence-electron chi connectivity index (χ3n) is 4.21. The van der Waals surface area contributed by atoms with E-state index in [9.17, 15) is 13.6 Å². The molecular formula is C21H18F2N2O2. The highest BCUT2D eigenvalue weighted by molar-refractivity contribution is 5.94. The third kappa shape index (κ3) is 4.11. The number of hydrogen-bond acceptors (Lipinski definition) is 3. The largest absolute Gasteiger partial charge is 0.489 e. The molecule has 0 aliphatic carbocycles. The molecule has 0 bridgehead atoms. The molecule has 2 aromatic carbocycles. The second-order valence-corrected chi connectivity index (χ2v) is 6.30. The topological polar surface area (TPSA) is 65.2 Å². The standard InChI is InChI=1S/C21H18F2N2O2/c1-12-5-15(3-4-18(12)21(24)26)16-7-14(9-25-10-16)11-27-17-6-13(2)20(23)19(22)8-17/h3-10H,11H2,1-2H3,(H2,24,26). The first-order valence-corrected chi connectivity index (χ1v) is 8.28. The predicted molar refractivity (Wildman–Crippen MR) is 98.4 cm³/mol. The fourth-order valence-corrected chi connectivity index (χ4v) is 2.79. The van der Waals surface area contributed by atoms with Crippen molar-refractivity contribution < 1.29 is 18.3 Å². The van der Waals surface area contributed by atoms with Gasteiger partial charge in [0.2, 0.25) is 5.91 Å². The van der Waals surface area contributed by atoms with Crippen LogP contribution >= 0.6 is 0 Å². The molecule has 3 rings (SSSR count). The van der Waals surface area contributed by atoms with Gasteiger partial charge in [-0.15, -0.1) is 0 Å². The monoisotopic (exact) mass is 368 g/mol. The van der Waals surface area contributed by atoms with Crippen LogP contribution in [0.5, 0.6) is 5.75 Å². The summed E-state index contributed by atoms with van der Waals surface area (Å²) in [5, 5.41) is 0. The summed E-state index contributed by atoms with van der Waals surface area (Å²) in [5.74, 6) is -2.04. The molecule has 4 nitrogen and oxygen atoms in total. The number of carbonyl (C=O) groups is 1. The molecule has 1 heterocycles. The summed E-state index contributed by atoms with van der Waals surface area (Å²) in [7, 11) is 0. The zero-order valence-electron chi connectivity index (χ0n) is 14.9. The van der Waals surface area contributed by atoms with Crippen molar-refractivity contribution in [2.45, 2.75) is 20.5 Å². The Balaban J connectivity index is 1.80. The second kappa shape index (κ2) is 7.53. The lowest BCUT2D eigenvalue weighted by atomic mass is 10.00. The van der Waals surface area contributed by atoms with Crippen LogP contribution in [-0.4, -0.2) is 10.9 Å². The van der Waals surface area contributed by atoms with Crippen LogP contribution < -0.4 is 10.5 Å². The lowest BCUT2D eigenvalue weighted by Gasteiger charge is -2.10. The highest BCUT2D eigenvalue weighted by Gasteiger charge is 2.10. The smallest absolute Gasteiger partial charge is 0.248 e. The summed E-state index contributed by atoms with van der Waals surface area (Å²) in [5.41, 5.74) is 9.26. The molecule has 6 heteroatoms. The molecule has 0 fully saturated rings. The number of carbonyl (C=O) groups excluding carboxylic acids is 1. The number of aromatic nitrogens is 1. The quantitative estimate of drug-likeness (QED) is 0.729. The minimum Gasteiger partial charge on any atom is -0.489 e. The highest BCUT2D eigenvalue weighted by atomic mass is 19.2. The van der Waals surface area contributed by atoms with Gasteiger partial charge in [-0.25, -0.2) is 8.78 Å². The maximum absolute atomic E-state index is 13.5. The molecule has 0 unspecified atom stereocenters. The average Bonchev–Trinajstić information content (AvgIpc) is 2.64. The Morgan fingerprint density at radius 2 is 1.81 bits per heavy atom. The minimum atomic E-state index is -0.943. The molecule has 2 N–H and O–H groups in total. The Labute approximate surface area is 155 Å². The molecule has 0 aliphatic rings. The number of amides is 1. The van der Waals surface area contributed by atoms with Gasteiger partial charge in [-0.1, -0.05) is 12.1 Å². The number of pyridine rings is 1. The minimum absolute atomic E-state index is 0.156. The molecule has 27 heavy (non-hydrogen) atoms. The predicted octanol–water partition coefficient (Wildman–Crippen LogP) is 4.32. The SMILES string of the molecule is Cc1cc(-c2cncc(COc3cc(C)c(F)c(F)c3)c2)ccc1C(N)=O. The molecule has 3 aromatic rings. The highest BCUT2D eigenvalue weighted by Crippen LogP contribution is 2.24. The van der Waals surface area contributed by atoms with Gasteiger partial charge in [0.05, 0.1) is 0 Å². The Morgan fingerprint density at radius 1 is 1.04 bits per heavy atom. The third-order valence-corrected chi connectivity index (χ3v) is 4.21. The van der Waals surface area contributed by atoms with E-state index in [0.29, 0.717) is 5.56 Å². The van der Waals surface area contributed by atoms with Crippen LogP contribution in [0.1, 0.15) is 27.0 Å². The van der Waals surface area contributed by atoms with E-state index >= 15 is 0 Å². The van der Waals surface area contributed by atoms with E-state index in [1.807, 2.05) is 19.1 Å². The lowest BCUT2D eigenvalue weighted by molar-refractivity contribution is 0.0999. The fraction of sp³-hybridized carbons (Fsp3) is 0.143. The molecule has 0 saturated carbocycles. The zero-order chi connectivity index (χ0) is 19.6. The second-order valence-electron chi connectivity index (χ2n) is 6.30. The number of rotatable bonds is 5. The number of primary amides is 1.